The molecule has 28 heavy (non-hydrogen) atoms. The molecule has 0 spiro atoms. The van der Waals surface area contributed by atoms with Gasteiger partial charge in [-0.05, 0) is 42.5 Å². The molecule has 3 aromatic rings. The van der Waals surface area contributed by atoms with Crippen molar-refractivity contribution in [2.45, 2.75) is 0 Å². The molecule has 0 fully saturated rings. The molecule has 0 aliphatic rings. The lowest BCUT2D eigenvalue weighted by Gasteiger charge is -2.09. The number of nitro groups is 1. The highest BCUT2D eigenvalue weighted by molar-refractivity contribution is 6.04. The number of para-hydroxylation sites is 1. The van der Waals surface area contributed by atoms with Crippen molar-refractivity contribution in [3.8, 4) is 11.5 Å². The molecule has 3 rings (SSSR count). The van der Waals surface area contributed by atoms with Crippen molar-refractivity contribution in [1.82, 2.24) is 0 Å². The molecule has 0 aliphatic heterocycles. The van der Waals surface area contributed by atoms with E-state index in [0.717, 1.165) is 5.75 Å². The Balaban J connectivity index is 1.49. The summed E-state index contributed by atoms with van der Waals surface area (Å²) in [5, 5.41) is 13.5. The number of carbonyl (C=O) groups is 1. The van der Waals surface area contributed by atoms with Crippen molar-refractivity contribution in [3.63, 3.8) is 0 Å². The molecule has 0 unspecified atom stereocenters. The zero-order valence-corrected chi connectivity index (χ0v) is 14.9. The molecule has 1 N–H and O–H groups in total. The standard InChI is InChI=1S/C21H18N2O5/c24-21(16-5-4-6-18(15-16)23(25)26)22-17-9-11-20(12-10-17)28-14-13-27-19-7-2-1-3-8-19/h1-12,15H,13-14H2,(H,22,24). The van der Waals surface area contributed by atoms with Gasteiger partial charge in [0.1, 0.15) is 24.7 Å². The van der Waals surface area contributed by atoms with Crippen molar-refractivity contribution in [2.24, 2.45) is 0 Å². The second-order valence-corrected chi connectivity index (χ2v) is 5.80. The van der Waals surface area contributed by atoms with E-state index in [1.54, 1.807) is 24.3 Å². The average molecular weight is 378 g/mol. The zero-order chi connectivity index (χ0) is 19.8. The minimum Gasteiger partial charge on any atom is -0.490 e. The number of nitro benzene ring substituents is 1. The van der Waals surface area contributed by atoms with Gasteiger partial charge in [0.25, 0.3) is 11.6 Å². The van der Waals surface area contributed by atoms with Gasteiger partial charge in [0, 0.05) is 23.4 Å². The van der Waals surface area contributed by atoms with Crippen molar-refractivity contribution in [2.75, 3.05) is 18.5 Å². The largest absolute Gasteiger partial charge is 0.490 e. The number of nitrogens with one attached hydrogen (secondary N) is 1. The van der Waals surface area contributed by atoms with Gasteiger partial charge in [-0.1, -0.05) is 24.3 Å². The number of amides is 1. The first kappa shape index (κ1) is 18.9. The first-order valence-electron chi connectivity index (χ1n) is 8.58. The first-order valence-corrected chi connectivity index (χ1v) is 8.58. The van der Waals surface area contributed by atoms with Crippen LogP contribution in [0.3, 0.4) is 0 Å². The number of hydrogen-bond donors (Lipinski definition) is 1. The normalized spacial score (nSPS) is 10.1. The predicted octanol–water partition coefficient (Wildman–Crippen LogP) is 4.30. The fraction of sp³-hybridized carbons (Fsp3) is 0.0952. The van der Waals surface area contributed by atoms with Gasteiger partial charge in [0.2, 0.25) is 0 Å². The minimum atomic E-state index is -0.537. The predicted molar refractivity (Wildman–Crippen MR) is 105 cm³/mol. The first-order chi connectivity index (χ1) is 13.6. The summed E-state index contributed by atoms with van der Waals surface area (Å²) in [6.07, 6.45) is 0. The van der Waals surface area contributed by atoms with Crippen LogP contribution in [0.25, 0.3) is 0 Å². The van der Waals surface area contributed by atoms with Gasteiger partial charge in [0.15, 0.2) is 0 Å². The molecule has 0 radical (unpaired) electrons. The van der Waals surface area contributed by atoms with Gasteiger partial charge in [-0.25, -0.2) is 0 Å². The van der Waals surface area contributed by atoms with Crippen LogP contribution in [0.15, 0.2) is 78.9 Å². The van der Waals surface area contributed by atoms with E-state index in [1.807, 2.05) is 30.3 Å². The number of ether oxygens (including phenoxy) is 2. The zero-order valence-electron chi connectivity index (χ0n) is 14.9. The van der Waals surface area contributed by atoms with E-state index in [4.69, 9.17) is 9.47 Å². The fourth-order valence-corrected chi connectivity index (χ4v) is 2.43. The number of nitrogens with zero attached hydrogens (tertiary/aromatic N) is 1. The highest BCUT2D eigenvalue weighted by atomic mass is 16.6. The molecule has 3 aromatic carbocycles. The lowest BCUT2D eigenvalue weighted by Crippen LogP contribution is -2.12. The molecule has 0 saturated heterocycles. The molecule has 7 heteroatoms. The Bertz CT molecular complexity index is 943. The van der Waals surface area contributed by atoms with Crippen LogP contribution in [0.2, 0.25) is 0 Å². The molecule has 0 heterocycles. The summed E-state index contributed by atoms with van der Waals surface area (Å²) < 4.78 is 11.2. The van der Waals surface area contributed by atoms with E-state index in [2.05, 4.69) is 5.32 Å². The SMILES string of the molecule is O=C(Nc1ccc(OCCOc2ccccc2)cc1)c1cccc([N+](=O)[O-])c1. The summed E-state index contributed by atoms with van der Waals surface area (Å²) in [6, 6.07) is 21.9. The van der Waals surface area contributed by atoms with Crippen molar-refractivity contribution in [3.05, 3.63) is 94.5 Å². The van der Waals surface area contributed by atoms with E-state index < -0.39 is 10.8 Å². The fourth-order valence-electron chi connectivity index (χ4n) is 2.43. The molecule has 0 saturated carbocycles. The van der Waals surface area contributed by atoms with Crippen molar-refractivity contribution >= 4 is 17.3 Å². The maximum absolute atomic E-state index is 12.2. The third kappa shape index (κ3) is 5.31. The van der Waals surface area contributed by atoms with Crippen molar-refractivity contribution in [1.29, 1.82) is 0 Å². The van der Waals surface area contributed by atoms with Gasteiger partial charge >= 0.3 is 0 Å². The number of carbonyl (C=O) groups excluding carboxylic acids is 1. The van der Waals surface area contributed by atoms with Gasteiger partial charge in [-0.15, -0.1) is 0 Å². The van der Waals surface area contributed by atoms with E-state index in [-0.39, 0.29) is 11.3 Å². The summed E-state index contributed by atoms with van der Waals surface area (Å²) in [5.74, 6) is 1.00. The van der Waals surface area contributed by atoms with E-state index in [1.165, 1.54) is 24.3 Å². The van der Waals surface area contributed by atoms with Crippen LogP contribution in [-0.4, -0.2) is 24.0 Å². The van der Waals surface area contributed by atoms with Crippen LogP contribution >= 0.6 is 0 Å². The third-order valence-corrected chi connectivity index (χ3v) is 3.80. The lowest BCUT2D eigenvalue weighted by molar-refractivity contribution is -0.384. The summed E-state index contributed by atoms with van der Waals surface area (Å²) in [4.78, 5) is 22.5. The number of hydrogen-bond acceptors (Lipinski definition) is 5. The van der Waals surface area contributed by atoms with Crippen LogP contribution in [-0.2, 0) is 0 Å². The number of benzene rings is 3. The quantitative estimate of drug-likeness (QED) is 0.358. The lowest BCUT2D eigenvalue weighted by atomic mass is 10.2. The Hall–Kier alpha value is -3.87. The van der Waals surface area contributed by atoms with E-state index in [0.29, 0.717) is 24.7 Å². The molecule has 7 nitrogen and oxygen atoms in total. The van der Waals surface area contributed by atoms with Crippen LogP contribution in [0.5, 0.6) is 11.5 Å². The Morgan fingerprint density at radius 1 is 0.857 bits per heavy atom. The van der Waals surface area contributed by atoms with Crippen molar-refractivity contribution < 1.29 is 19.2 Å². The Morgan fingerprint density at radius 2 is 1.50 bits per heavy atom. The summed E-state index contributed by atoms with van der Waals surface area (Å²) in [7, 11) is 0. The summed E-state index contributed by atoms with van der Waals surface area (Å²) in [6.45, 7) is 0.795. The highest BCUT2D eigenvalue weighted by Crippen LogP contribution is 2.18. The molecule has 1 amide bonds. The second kappa shape index (κ2) is 9.18. The Kier molecular flexibility index (Phi) is 6.20. The molecule has 0 aromatic heterocycles. The van der Waals surface area contributed by atoms with Gasteiger partial charge in [-0.2, -0.15) is 0 Å². The third-order valence-electron chi connectivity index (χ3n) is 3.80. The van der Waals surface area contributed by atoms with E-state index in [9.17, 15) is 14.9 Å². The van der Waals surface area contributed by atoms with Gasteiger partial charge in [-0.3, -0.25) is 14.9 Å². The molecule has 0 bridgehead atoms. The van der Waals surface area contributed by atoms with E-state index >= 15 is 0 Å². The Morgan fingerprint density at radius 3 is 2.14 bits per heavy atom. The topological polar surface area (TPSA) is 90.7 Å². The second-order valence-electron chi connectivity index (χ2n) is 5.80. The van der Waals surface area contributed by atoms with Crippen LogP contribution in [0, 0.1) is 10.1 Å². The van der Waals surface area contributed by atoms with Gasteiger partial charge < -0.3 is 14.8 Å². The van der Waals surface area contributed by atoms with Crippen LogP contribution in [0.1, 0.15) is 10.4 Å². The molecule has 0 aliphatic carbocycles. The maximum Gasteiger partial charge on any atom is 0.270 e. The van der Waals surface area contributed by atoms with Gasteiger partial charge in [0.05, 0.1) is 4.92 Å². The van der Waals surface area contributed by atoms with Crippen LogP contribution < -0.4 is 14.8 Å². The molecule has 0 atom stereocenters. The average Bonchev–Trinajstić information content (AvgIpc) is 2.73. The minimum absolute atomic E-state index is 0.130. The smallest absolute Gasteiger partial charge is 0.270 e. The molecule has 142 valence electrons. The monoisotopic (exact) mass is 378 g/mol. The summed E-state index contributed by atoms with van der Waals surface area (Å²) >= 11 is 0. The number of non-ortho nitro benzene ring substituents is 1. The maximum atomic E-state index is 12.2. The highest BCUT2D eigenvalue weighted by Gasteiger charge is 2.11. The summed E-state index contributed by atoms with van der Waals surface area (Å²) in [5.41, 5.74) is 0.645. The number of anilines is 1. The molecular weight excluding hydrogens is 360 g/mol. The number of rotatable bonds is 8. The molecular formula is C21H18N2O5. The van der Waals surface area contributed by atoms with Crippen LogP contribution in [0.4, 0.5) is 11.4 Å². The Labute approximate surface area is 161 Å².